The zero-order valence-corrected chi connectivity index (χ0v) is 14.5. The van der Waals surface area contributed by atoms with Crippen LogP contribution >= 0.6 is 0 Å². The Morgan fingerprint density at radius 3 is 2.84 bits per heavy atom. The average molecular weight is 341 g/mol. The van der Waals surface area contributed by atoms with Gasteiger partial charge in [-0.15, -0.1) is 0 Å². The fraction of sp³-hybridized carbons (Fsp3) is 0.421. The molecule has 1 saturated heterocycles. The van der Waals surface area contributed by atoms with Gasteiger partial charge in [0.15, 0.2) is 0 Å². The Labute approximate surface area is 146 Å². The van der Waals surface area contributed by atoms with Crippen LogP contribution in [0.25, 0.3) is 10.8 Å². The molecule has 1 atom stereocenters. The first-order chi connectivity index (χ1) is 11.9. The Morgan fingerprint density at radius 1 is 1.32 bits per heavy atom. The van der Waals surface area contributed by atoms with Crippen molar-refractivity contribution in [1.82, 2.24) is 15.2 Å². The van der Waals surface area contributed by atoms with Crippen molar-refractivity contribution in [3.8, 4) is 0 Å². The lowest BCUT2D eigenvalue weighted by molar-refractivity contribution is -0.123. The van der Waals surface area contributed by atoms with E-state index in [4.69, 9.17) is 0 Å². The maximum atomic E-state index is 12.5. The third-order valence-electron chi connectivity index (χ3n) is 4.76. The summed E-state index contributed by atoms with van der Waals surface area (Å²) in [5, 5.41) is 14.3. The fourth-order valence-electron chi connectivity index (χ4n) is 3.59. The van der Waals surface area contributed by atoms with Crippen LogP contribution in [0.2, 0.25) is 0 Å². The summed E-state index contributed by atoms with van der Waals surface area (Å²) < 4.78 is 0. The first kappa shape index (κ1) is 17.2. The quantitative estimate of drug-likeness (QED) is 0.895. The number of benzene rings is 1. The number of fused-ring (bicyclic) bond motifs is 1. The molecular formula is C19H23N3O3. The number of hydrogen-bond donors (Lipinski definition) is 2. The van der Waals surface area contributed by atoms with E-state index in [1.165, 1.54) is 4.90 Å². The van der Waals surface area contributed by atoms with Crippen molar-refractivity contribution in [2.45, 2.75) is 44.7 Å². The molecule has 1 aromatic carbocycles. The Morgan fingerprint density at radius 2 is 2.08 bits per heavy atom. The molecule has 0 bridgehead atoms. The molecule has 1 aliphatic rings. The van der Waals surface area contributed by atoms with Crippen LogP contribution < -0.4 is 5.32 Å². The molecule has 1 aliphatic heterocycles. The topological polar surface area (TPSA) is 82.5 Å². The molecular weight excluding hydrogens is 318 g/mol. The Balaban J connectivity index is 1.76. The lowest BCUT2D eigenvalue weighted by Crippen LogP contribution is -2.45. The van der Waals surface area contributed by atoms with Crippen molar-refractivity contribution in [2.24, 2.45) is 0 Å². The highest BCUT2D eigenvalue weighted by molar-refractivity contribution is 5.86. The van der Waals surface area contributed by atoms with E-state index in [9.17, 15) is 14.7 Å². The molecule has 1 fully saturated rings. The van der Waals surface area contributed by atoms with E-state index in [-0.39, 0.29) is 18.4 Å². The molecule has 0 unspecified atom stereocenters. The van der Waals surface area contributed by atoms with E-state index < -0.39 is 11.6 Å². The number of nitrogens with zero attached hydrogens (tertiary/aromatic N) is 2. The SMILES string of the molecule is CC(C)(NC(=O)C[C@H]1CCCN1C(=O)O)c1nccc2ccccc12. The highest BCUT2D eigenvalue weighted by Gasteiger charge is 2.32. The molecule has 1 aromatic heterocycles. The molecule has 0 radical (unpaired) electrons. The summed E-state index contributed by atoms with van der Waals surface area (Å²) in [5.41, 5.74) is 0.158. The standard InChI is InChI=1S/C19H23N3O3/c1-19(2,17-15-8-4-3-6-13(15)9-10-20-17)21-16(23)12-14-7-5-11-22(14)18(24)25/h3-4,6,8-10,14H,5,7,11-12H2,1-2H3,(H,21,23)(H,24,25)/t14-/m1/s1. The second-order valence-corrected chi connectivity index (χ2v) is 7.03. The molecule has 2 amide bonds. The second kappa shape index (κ2) is 6.70. The molecule has 2 heterocycles. The monoisotopic (exact) mass is 341 g/mol. The van der Waals surface area contributed by atoms with Gasteiger partial charge in [0, 0.05) is 30.6 Å². The van der Waals surface area contributed by atoms with Crippen LogP contribution in [0.5, 0.6) is 0 Å². The van der Waals surface area contributed by atoms with Crippen LogP contribution in [-0.2, 0) is 10.3 Å². The van der Waals surface area contributed by atoms with Gasteiger partial charge in [0.05, 0.1) is 11.2 Å². The molecule has 0 spiro atoms. The Kier molecular flexibility index (Phi) is 4.61. The summed E-state index contributed by atoms with van der Waals surface area (Å²) in [6, 6.07) is 9.64. The Bertz CT molecular complexity index is 798. The van der Waals surface area contributed by atoms with Gasteiger partial charge in [0.25, 0.3) is 0 Å². The maximum absolute atomic E-state index is 12.5. The number of aromatic nitrogens is 1. The first-order valence-corrected chi connectivity index (χ1v) is 8.53. The zero-order chi connectivity index (χ0) is 18.0. The molecule has 6 nitrogen and oxygen atoms in total. The van der Waals surface area contributed by atoms with Crippen LogP contribution in [-0.4, -0.2) is 39.6 Å². The van der Waals surface area contributed by atoms with Crippen LogP contribution in [0.15, 0.2) is 36.5 Å². The van der Waals surface area contributed by atoms with Crippen molar-refractivity contribution >= 4 is 22.8 Å². The van der Waals surface area contributed by atoms with Crippen LogP contribution in [0.1, 0.15) is 38.8 Å². The predicted octanol–water partition coefficient (Wildman–Crippen LogP) is 3.12. The van der Waals surface area contributed by atoms with E-state index in [0.717, 1.165) is 29.3 Å². The van der Waals surface area contributed by atoms with Crippen molar-refractivity contribution in [3.63, 3.8) is 0 Å². The number of rotatable bonds is 4. The summed E-state index contributed by atoms with van der Waals surface area (Å²) in [6.07, 6.45) is 2.51. The summed E-state index contributed by atoms with van der Waals surface area (Å²) >= 11 is 0. The maximum Gasteiger partial charge on any atom is 0.407 e. The number of nitrogens with one attached hydrogen (secondary N) is 1. The van der Waals surface area contributed by atoms with E-state index in [0.29, 0.717) is 6.54 Å². The highest BCUT2D eigenvalue weighted by atomic mass is 16.4. The molecule has 2 aromatic rings. The van der Waals surface area contributed by atoms with Crippen LogP contribution in [0.3, 0.4) is 0 Å². The van der Waals surface area contributed by atoms with Crippen molar-refractivity contribution in [1.29, 1.82) is 0 Å². The van der Waals surface area contributed by atoms with E-state index >= 15 is 0 Å². The van der Waals surface area contributed by atoms with Gasteiger partial charge in [-0.2, -0.15) is 0 Å². The number of carbonyl (C=O) groups excluding carboxylic acids is 1. The van der Waals surface area contributed by atoms with Crippen LogP contribution in [0, 0.1) is 0 Å². The van der Waals surface area contributed by atoms with Gasteiger partial charge in [0.1, 0.15) is 0 Å². The number of pyridine rings is 1. The van der Waals surface area contributed by atoms with Crippen molar-refractivity contribution < 1.29 is 14.7 Å². The van der Waals surface area contributed by atoms with Gasteiger partial charge in [0.2, 0.25) is 5.91 Å². The average Bonchev–Trinajstić information content (AvgIpc) is 3.02. The highest BCUT2D eigenvalue weighted by Crippen LogP contribution is 2.27. The number of likely N-dealkylation sites (tertiary alicyclic amines) is 1. The molecule has 3 rings (SSSR count). The van der Waals surface area contributed by atoms with Gasteiger partial charge in [-0.3, -0.25) is 9.78 Å². The summed E-state index contributed by atoms with van der Waals surface area (Å²) in [7, 11) is 0. The molecule has 0 saturated carbocycles. The number of hydrogen-bond acceptors (Lipinski definition) is 3. The second-order valence-electron chi connectivity index (χ2n) is 7.03. The van der Waals surface area contributed by atoms with Gasteiger partial charge in [-0.25, -0.2) is 4.79 Å². The van der Waals surface area contributed by atoms with Gasteiger partial charge in [-0.05, 0) is 38.1 Å². The third kappa shape index (κ3) is 3.57. The normalized spacial score (nSPS) is 17.7. The smallest absolute Gasteiger partial charge is 0.407 e. The minimum absolute atomic E-state index is 0.155. The van der Waals surface area contributed by atoms with Crippen molar-refractivity contribution in [3.05, 3.63) is 42.2 Å². The first-order valence-electron chi connectivity index (χ1n) is 8.53. The third-order valence-corrected chi connectivity index (χ3v) is 4.76. The molecule has 2 N–H and O–H groups in total. The molecule has 132 valence electrons. The molecule has 0 aliphatic carbocycles. The minimum Gasteiger partial charge on any atom is -0.465 e. The minimum atomic E-state index is -0.953. The van der Waals surface area contributed by atoms with E-state index in [2.05, 4.69) is 10.3 Å². The number of amides is 2. The van der Waals surface area contributed by atoms with Crippen LogP contribution in [0.4, 0.5) is 4.79 Å². The summed E-state index contributed by atoms with van der Waals surface area (Å²) in [4.78, 5) is 29.6. The summed E-state index contributed by atoms with van der Waals surface area (Å²) in [6.45, 7) is 4.34. The molecule has 6 heteroatoms. The van der Waals surface area contributed by atoms with E-state index in [1.54, 1.807) is 6.20 Å². The van der Waals surface area contributed by atoms with Crippen molar-refractivity contribution in [2.75, 3.05) is 6.54 Å². The summed E-state index contributed by atoms with van der Waals surface area (Å²) in [5.74, 6) is -0.155. The van der Waals surface area contributed by atoms with Gasteiger partial charge >= 0.3 is 6.09 Å². The largest absolute Gasteiger partial charge is 0.465 e. The fourth-order valence-corrected chi connectivity index (χ4v) is 3.59. The molecule has 25 heavy (non-hydrogen) atoms. The lowest BCUT2D eigenvalue weighted by atomic mass is 9.94. The van der Waals surface area contributed by atoms with E-state index in [1.807, 2.05) is 44.2 Å². The van der Waals surface area contributed by atoms with Gasteiger partial charge < -0.3 is 15.3 Å². The predicted molar refractivity (Wildman–Crippen MR) is 95.3 cm³/mol. The zero-order valence-electron chi connectivity index (χ0n) is 14.5. The number of carbonyl (C=O) groups is 2. The van der Waals surface area contributed by atoms with Gasteiger partial charge in [-0.1, -0.05) is 24.3 Å². The number of carboxylic acid groups (broad SMARTS) is 1. The Hall–Kier alpha value is -2.63. The lowest BCUT2D eigenvalue weighted by Gasteiger charge is -2.28.